The zero-order chi connectivity index (χ0) is 19.5. The Morgan fingerprint density at radius 2 is 1.68 bits per heavy atom. The standard InChI is InChI=1S/C15H30N6O4/c1-11(20-23)14(2,3)17-9-6-10-18-15(4,5)12(19-21-24)7-8-13(22)25-16/h17-18,23H,6-10,16H2,1-5H3/b19-12+,20-11+. The van der Waals surface area contributed by atoms with Crippen molar-refractivity contribution in [3.63, 3.8) is 0 Å². The van der Waals surface area contributed by atoms with Crippen LogP contribution in [0.25, 0.3) is 0 Å². The Morgan fingerprint density at radius 3 is 2.16 bits per heavy atom. The molecule has 0 bridgehead atoms. The molecule has 0 aromatic carbocycles. The Morgan fingerprint density at radius 1 is 1.12 bits per heavy atom. The van der Waals surface area contributed by atoms with Crippen LogP contribution in [0.15, 0.2) is 15.5 Å². The van der Waals surface area contributed by atoms with E-state index in [-0.39, 0.29) is 12.8 Å². The molecule has 0 aliphatic heterocycles. The van der Waals surface area contributed by atoms with Gasteiger partial charge >= 0.3 is 5.97 Å². The molecule has 0 atom stereocenters. The summed E-state index contributed by atoms with van der Waals surface area (Å²) >= 11 is 0. The number of nitrogens with zero attached hydrogens (tertiary/aromatic N) is 3. The molecule has 0 aliphatic rings. The molecular formula is C15H30N6O4. The van der Waals surface area contributed by atoms with Crippen molar-refractivity contribution < 1.29 is 14.8 Å². The highest BCUT2D eigenvalue weighted by Gasteiger charge is 2.26. The van der Waals surface area contributed by atoms with Crippen molar-refractivity contribution in [3.8, 4) is 0 Å². The van der Waals surface area contributed by atoms with E-state index in [4.69, 9.17) is 11.1 Å². The lowest BCUT2D eigenvalue weighted by atomic mass is 9.94. The maximum absolute atomic E-state index is 11.2. The van der Waals surface area contributed by atoms with Crippen LogP contribution < -0.4 is 16.5 Å². The van der Waals surface area contributed by atoms with Crippen molar-refractivity contribution in [2.45, 2.75) is 65.0 Å². The fraction of sp³-hybridized carbons (Fsp3) is 0.800. The second-order valence-electron chi connectivity index (χ2n) is 6.76. The maximum Gasteiger partial charge on any atom is 0.324 e. The van der Waals surface area contributed by atoms with Crippen LogP contribution in [0.1, 0.15) is 53.9 Å². The Kier molecular flexibility index (Phi) is 10.0. The van der Waals surface area contributed by atoms with Crippen LogP contribution in [0.4, 0.5) is 0 Å². The Bertz CT molecular complexity index is 502. The van der Waals surface area contributed by atoms with E-state index in [0.29, 0.717) is 24.5 Å². The summed E-state index contributed by atoms with van der Waals surface area (Å²) in [7, 11) is 0. The molecule has 25 heavy (non-hydrogen) atoms. The second kappa shape index (κ2) is 10.9. The molecule has 0 amide bonds. The SMILES string of the molecule is C/C(=N\O)C(C)(C)NCCCNC(C)(C)/C(CCC(=O)ON)=N/N=O. The normalized spacial score (nSPS) is 13.7. The summed E-state index contributed by atoms with van der Waals surface area (Å²) in [6, 6.07) is 0. The van der Waals surface area contributed by atoms with Crippen LogP contribution in [0, 0.1) is 4.91 Å². The highest BCUT2D eigenvalue weighted by atomic mass is 16.7. The summed E-state index contributed by atoms with van der Waals surface area (Å²) in [5, 5.41) is 24.8. The number of nitrogens with one attached hydrogen (secondary N) is 2. The van der Waals surface area contributed by atoms with E-state index in [2.05, 4.69) is 31.0 Å². The van der Waals surface area contributed by atoms with Crippen LogP contribution in [0.2, 0.25) is 0 Å². The van der Waals surface area contributed by atoms with Gasteiger partial charge in [-0.2, -0.15) is 5.90 Å². The van der Waals surface area contributed by atoms with Crippen molar-refractivity contribution >= 4 is 17.4 Å². The van der Waals surface area contributed by atoms with Crippen LogP contribution in [-0.4, -0.2) is 46.8 Å². The van der Waals surface area contributed by atoms with Crippen molar-refractivity contribution in [2.75, 3.05) is 13.1 Å². The summed E-state index contributed by atoms with van der Waals surface area (Å²) in [4.78, 5) is 25.8. The van der Waals surface area contributed by atoms with E-state index < -0.39 is 17.0 Å². The average molecular weight is 358 g/mol. The predicted molar refractivity (Wildman–Crippen MR) is 96.4 cm³/mol. The fourth-order valence-electron chi connectivity index (χ4n) is 2.06. The van der Waals surface area contributed by atoms with Gasteiger partial charge in [-0.25, -0.2) is 0 Å². The lowest BCUT2D eigenvalue weighted by molar-refractivity contribution is -0.144. The number of nitrogens with two attached hydrogens (primary N) is 1. The molecule has 0 heterocycles. The van der Waals surface area contributed by atoms with Gasteiger partial charge in [-0.15, -0.1) is 10.0 Å². The molecule has 0 aromatic rings. The Balaban J connectivity index is 4.47. The van der Waals surface area contributed by atoms with E-state index in [1.807, 2.05) is 27.7 Å². The van der Waals surface area contributed by atoms with Gasteiger partial charge in [0.05, 0.1) is 34.2 Å². The number of carbonyl (C=O) groups excluding carboxylic acids is 1. The quantitative estimate of drug-likeness (QED) is 0.135. The highest BCUT2D eigenvalue weighted by Crippen LogP contribution is 2.12. The van der Waals surface area contributed by atoms with Crippen molar-refractivity contribution in [2.24, 2.45) is 21.4 Å². The number of carbonyl (C=O) groups is 1. The van der Waals surface area contributed by atoms with Crippen molar-refractivity contribution in [1.82, 2.24) is 10.6 Å². The van der Waals surface area contributed by atoms with Gasteiger partial charge in [0.2, 0.25) is 0 Å². The first kappa shape index (κ1) is 23.1. The molecule has 0 aromatic heterocycles. The number of hydrogen-bond donors (Lipinski definition) is 4. The van der Waals surface area contributed by atoms with E-state index >= 15 is 0 Å². The van der Waals surface area contributed by atoms with E-state index in [1.165, 1.54) is 0 Å². The molecule has 0 spiro atoms. The minimum atomic E-state index is -0.610. The van der Waals surface area contributed by atoms with Gasteiger partial charge in [0, 0.05) is 6.42 Å². The van der Waals surface area contributed by atoms with E-state index in [0.717, 1.165) is 6.42 Å². The van der Waals surface area contributed by atoms with Crippen LogP contribution in [-0.2, 0) is 9.63 Å². The minimum absolute atomic E-state index is 0.0193. The summed E-state index contributed by atoms with van der Waals surface area (Å²) in [5.41, 5.74) is 0.0327. The second-order valence-corrected chi connectivity index (χ2v) is 6.76. The zero-order valence-corrected chi connectivity index (χ0v) is 15.6. The Hall–Kier alpha value is -1.91. The minimum Gasteiger partial charge on any atom is -0.411 e. The van der Waals surface area contributed by atoms with E-state index in [9.17, 15) is 9.70 Å². The van der Waals surface area contributed by atoms with Gasteiger partial charge in [0.1, 0.15) is 0 Å². The first-order chi connectivity index (χ1) is 11.6. The summed E-state index contributed by atoms with van der Waals surface area (Å²) < 4.78 is 0. The number of nitroso groups, excluding NO2 is 1. The van der Waals surface area contributed by atoms with E-state index in [1.54, 1.807) is 6.92 Å². The third kappa shape index (κ3) is 8.66. The summed E-state index contributed by atoms with van der Waals surface area (Å²) in [5.74, 6) is 4.22. The Labute approximate surface area is 148 Å². The molecule has 0 unspecified atom stereocenters. The van der Waals surface area contributed by atoms with Crippen molar-refractivity contribution in [3.05, 3.63) is 4.91 Å². The van der Waals surface area contributed by atoms with Gasteiger partial charge in [0.25, 0.3) is 0 Å². The number of rotatable bonds is 12. The predicted octanol–water partition coefficient (Wildman–Crippen LogP) is 1.28. The fourth-order valence-corrected chi connectivity index (χ4v) is 2.06. The first-order valence-corrected chi connectivity index (χ1v) is 8.09. The maximum atomic E-state index is 11.2. The molecule has 5 N–H and O–H groups in total. The average Bonchev–Trinajstić information content (AvgIpc) is 2.56. The van der Waals surface area contributed by atoms with Crippen LogP contribution in [0.5, 0.6) is 0 Å². The molecule has 10 heteroatoms. The largest absolute Gasteiger partial charge is 0.411 e. The highest BCUT2D eigenvalue weighted by molar-refractivity contribution is 5.94. The lowest BCUT2D eigenvalue weighted by Crippen LogP contribution is -2.49. The van der Waals surface area contributed by atoms with Crippen LogP contribution in [0.3, 0.4) is 0 Å². The van der Waals surface area contributed by atoms with Crippen molar-refractivity contribution in [1.29, 1.82) is 0 Å². The van der Waals surface area contributed by atoms with Gasteiger partial charge in [0.15, 0.2) is 0 Å². The number of oxime groups is 1. The van der Waals surface area contributed by atoms with Gasteiger partial charge in [-0.1, -0.05) is 5.16 Å². The third-order valence-corrected chi connectivity index (χ3v) is 4.12. The van der Waals surface area contributed by atoms with Gasteiger partial charge in [-0.3, -0.25) is 4.79 Å². The third-order valence-electron chi connectivity index (χ3n) is 4.12. The summed E-state index contributed by atoms with van der Waals surface area (Å²) in [6.45, 7) is 10.6. The molecule has 0 radical (unpaired) electrons. The monoisotopic (exact) mass is 358 g/mol. The molecule has 0 fully saturated rings. The molecule has 10 nitrogen and oxygen atoms in total. The van der Waals surface area contributed by atoms with Gasteiger partial charge in [-0.05, 0) is 54.1 Å². The molecule has 0 rings (SSSR count). The number of hydrogen-bond acceptors (Lipinski definition) is 9. The molecule has 144 valence electrons. The topological polar surface area (TPSA) is 151 Å². The van der Waals surface area contributed by atoms with Gasteiger partial charge < -0.3 is 20.7 Å². The zero-order valence-electron chi connectivity index (χ0n) is 15.6. The molecule has 0 saturated carbocycles. The summed E-state index contributed by atoms with van der Waals surface area (Å²) in [6.07, 6.45) is 1.03. The molecule has 0 aliphatic carbocycles. The lowest BCUT2D eigenvalue weighted by Gasteiger charge is -2.28. The van der Waals surface area contributed by atoms with Crippen LogP contribution >= 0.6 is 0 Å². The molecular weight excluding hydrogens is 328 g/mol. The molecule has 0 saturated heterocycles. The smallest absolute Gasteiger partial charge is 0.324 e. The first-order valence-electron chi connectivity index (χ1n) is 8.09.